The van der Waals surface area contributed by atoms with Crippen molar-refractivity contribution in [3.63, 3.8) is 0 Å². The number of aliphatic hydroxyl groups is 2. The van der Waals surface area contributed by atoms with Crippen LogP contribution in [0.4, 0.5) is 0 Å². The number of hydrogen-bond acceptors (Lipinski definition) is 18. The summed E-state index contributed by atoms with van der Waals surface area (Å²) in [5, 5.41) is 54.0. The molecule has 14 N–H and O–H groups in total. The molecule has 462 valence electrons. The van der Waals surface area contributed by atoms with E-state index < -0.39 is 156 Å². The maximum Gasteiger partial charge on any atom is 0.483 e. The van der Waals surface area contributed by atoms with Crippen molar-refractivity contribution in [2.24, 2.45) is 5.73 Å². The number of allylic oxidation sites excluding steroid dienone is 7. The number of nitrogens with one attached hydrogen (secondary N) is 6. The summed E-state index contributed by atoms with van der Waals surface area (Å²) in [6.07, 6.45) is 3.59. The standard InChI is InChI=1S/C51H87N7O21P2/c1-29(2)16-13-17-30(3)18-14-19-31(4)20-15-21-32(5)25-27-75-80(71,72)79-81(73,74)78-51-42(56-37(10)60)44(43(62)40(28-59)77-51)76-36(9)47(65)53-34(7)46(64)58-39(50(69)70)23-24-41(61)57-38(22-11-12-26-52)48(66)54-33(6)45(63)55-35(8)49(67)68/h16,18,20,25,33-36,38-40,42-44,51,59,62H,11-15,17,19,21-24,26-28,52H2,1-10H3,(H,53,65)(H,54,66)(H,55,63)(H,56,60)(H,57,61)(H,58,64)(H,67,68)(H,69,70)(H,71,72)(H,73,74)/b30-18+,31-20+,32-25-/t33-,34+,35-,36-,38+,39-,40-,42-,43-,44-,51-/m1/s1. The topological polar surface area (TPSA) is 436 Å². The largest absolute Gasteiger partial charge is 0.483 e. The summed E-state index contributed by atoms with van der Waals surface area (Å²) >= 11 is 0. The van der Waals surface area contributed by atoms with Crippen molar-refractivity contribution < 1.29 is 101 Å². The monoisotopic (exact) mass is 1200 g/mol. The Bertz CT molecular complexity index is 2350. The Kier molecular flexibility index (Phi) is 33.8. The molecule has 30 heteroatoms. The van der Waals surface area contributed by atoms with Crippen LogP contribution in [0, 0.1) is 0 Å². The molecule has 0 aromatic rings. The van der Waals surface area contributed by atoms with Crippen LogP contribution in [0.2, 0.25) is 0 Å². The number of nitrogens with two attached hydrogens (primary N) is 1. The van der Waals surface area contributed by atoms with E-state index in [1.165, 1.54) is 36.6 Å². The van der Waals surface area contributed by atoms with Gasteiger partial charge in [-0.2, -0.15) is 4.31 Å². The normalized spacial score (nSPS) is 21.5. The molecule has 2 unspecified atom stereocenters. The van der Waals surface area contributed by atoms with E-state index in [0.717, 1.165) is 52.0 Å². The number of carbonyl (C=O) groups is 8. The highest BCUT2D eigenvalue weighted by molar-refractivity contribution is 7.61. The average Bonchev–Trinajstić information content (AvgIpc) is 3.35. The van der Waals surface area contributed by atoms with Gasteiger partial charge in [0.25, 0.3) is 0 Å². The van der Waals surface area contributed by atoms with Crippen LogP contribution in [0.5, 0.6) is 0 Å². The van der Waals surface area contributed by atoms with E-state index >= 15 is 0 Å². The maximum atomic E-state index is 13.4. The fourth-order valence-corrected chi connectivity index (χ4v) is 9.70. The summed E-state index contributed by atoms with van der Waals surface area (Å²) in [5.74, 6) is -8.33. The molecule has 81 heavy (non-hydrogen) atoms. The van der Waals surface area contributed by atoms with E-state index in [0.29, 0.717) is 25.7 Å². The van der Waals surface area contributed by atoms with Gasteiger partial charge in [0.2, 0.25) is 35.4 Å². The van der Waals surface area contributed by atoms with Crippen LogP contribution in [0.15, 0.2) is 46.6 Å². The molecule has 1 saturated heterocycles. The quantitative estimate of drug-likeness (QED) is 0.0240. The molecule has 0 aromatic carbocycles. The molecule has 0 radical (unpaired) electrons. The number of phosphoric ester groups is 2. The summed E-state index contributed by atoms with van der Waals surface area (Å²) in [5.41, 5.74) is 10.2. The van der Waals surface area contributed by atoms with Gasteiger partial charge in [-0.3, -0.25) is 42.6 Å². The van der Waals surface area contributed by atoms with Crippen LogP contribution < -0.4 is 37.6 Å². The highest BCUT2D eigenvalue weighted by atomic mass is 31.3. The minimum absolute atomic E-state index is 0.0591. The van der Waals surface area contributed by atoms with Crippen molar-refractivity contribution in [2.75, 3.05) is 19.8 Å². The Morgan fingerprint density at radius 3 is 1.69 bits per heavy atom. The third-order valence-corrected chi connectivity index (χ3v) is 14.9. The van der Waals surface area contributed by atoms with Gasteiger partial charge in [-0.1, -0.05) is 46.6 Å². The molecule has 1 rings (SSSR count). The first-order valence-electron chi connectivity index (χ1n) is 26.6. The zero-order valence-electron chi connectivity index (χ0n) is 47.8. The highest BCUT2D eigenvalue weighted by Gasteiger charge is 2.51. The number of carboxylic acids is 2. The molecular formula is C51H87N7O21P2. The Morgan fingerprint density at radius 1 is 0.642 bits per heavy atom. The van der Waals surface area contributed by atoms with Gasteiger partial charge in [0.05, 0.1) is 13.2 Å². The van der Waals surface area contributed by atoms with Gasteiger partial charge in [0.1, 0.15) is 60.7 Å². The molecule has 0 bridgehead atoms. The maximum absolute atomic E-state index is 13.4. The summed E-state index contributed by atoms with van der Waals surface area (Å²) in [7, 11) is -11.1. The molecule has 0 saturated carbocycles. The van der Waals surface area contributed by atoms with E-state index in [-0.39, 0.29) is 13.0 Å². The third kappa shape index (κ3) is 30.1. The second-order valence-electron chi connectivity index (χ2n) is 20.0. The van der Waals surface area contributed by atoms with E-state index in [2.05, 4.69) is 75.2 Å². The van der Waals surface area contributed by atoms with Crippen molar-refractivity contribution in [3.05, 3.63) is 46.6 Å². The minimum Gasteiger partial charge on any atom is -0.480 e. The number of ether oxygens (including phenoxy) is 2. The first-order valence-corrected chi connectivity index (χ1v) is 29.5. The van der Waals surface area contributed by atoms with Gasteiger partial charge in [0.15, 0.2) is 6.29 Å². The number of carboxylic acid groups (broad SMARTS) is 2. The fourth-order valence-electron chi connectivity index (χ4n) is 7.60. The summed E-state index contributed by atoms with van der Waals surface area (Å²) in [6.45, 7) is 14.6. The number of aliphatic hydroxyl groups excluding tert-OH is 2. The minimum atomic E-state index is -5.71. The lowest BCUT2D eigenvalue weighted by Crippen LogP contribution is -2.66. The molecule has 28 nitrogen and oxygen atoms in total. The lowest BCUT2D eigenvalue weighted by atomic mass is 9.96. The number of hydrogen-bond donors (Lipinski definition) is 13. The predicted octanol–water partition coefficient (Wildman–Crippen LogP) is 2.30. The molecule has 1 fully saturated rings. The number of rotatable bonds is 38. The number of amides is 6. The number of aliphatic carboxylic acids is 2. The van der Waals surface area contributed by atoms with Crippen molar-refractivity contribution >= 4 is 63.0 Å². The Balaban J connectivity index is 3.00. The van der Waals surface area contributed by atoms with Crippen LogP contribution in [-0.2, 0) is 70.3 Å². The van der Waals surface area contributed by atoms with Crippen LogP contribution in [-0.4, -0.2) is 164 Å². The van der Waals surface area contributed by atoms with E-state index in [4.69, 9.17) is 29.4 Å². The van der Waals surface area contributed by atoms with Gasteiger partial charge < -0.3 is 77.3 Å². The Morgan fingerprint density at radius 2 is 1.17 bits per heavy atom. The molecule has 1 aliphatic heterocycles. The number of unbranched alkanes of at least 4 members (excludes halogenated alkanes) is 1. The van der Waals surface area contributed by atoms with Crippen molar-refractivity contribution in [3.8, 4) is 0 Å². The van der Waals surface area contributed by atoms with E-state index in [1.807, 2.05) is 6.92 Å². The van der Waals surface area contributed by atoms with Crippen molar-refractivity contribution in [1.82, 2.24) is 31.9 Å². The zero-order valence-corrected chi connectivity index (χ0v) is 49.6. The first-order chi connectivity index (χ1) is 37.7. The first kappa shape index (κ1) is 73.8. The van der Waals surface area contributed by atoms with Crippen LogP contribution in [0.25, 0.3) is 0 Å². The molecule has 0 spiro atoms. The predicted molar refractivity (Wildman–Crippen MR) is 294 cm³/mol. The molecule has 13 atom stereocenters. The van der Waals surface area contributed by atoms with Crippen LogP contribution in [0.3, 0.4) is 0 Å². The van der Waals surface area contributed by atoms with Gasteiger partial charge >= 0.3 is 27.6 Å². The molecule has 0 aromatic heterocycles. The smallest absolute Gasteiger partial charge is 0.480 e. The van der Waals surface area contributed by atoms with E-state index in [9.17, 15) is 72.6 Å². The molecule has 0 aliphatic carbocycles. The van der Waals surface area contributed by atoms with Gasteiger partial charge in [-0.15, -0.1) is 0 Å². The molecular weight excluding hydrogens is 1110 g/mol. The summed E-state index contributed by atoms with van der Waals surface area (Å²) in [4.78, 5) is 122. The van der Waals surface area contributed by atoms with Crippen molar-refractivity contribution in [2.45, 2.75) is 207 Å². The Labute approximate surface area is 473 Å². The van der Waals surface area contributed by atoms with Crippen LogP contribution >= 0.6 is 15.6 Å². The molecule has 1 heterocycles. The zero-order chi connectivity index (χ0) is 61.8. The SMILES string of the molecule is CC(=O)N[C@H]1[C@@H](OP(=O)(O)OP(=O)(O)OC/C=C(/C)CC/C=C(\C)CC/C=C(\C)CCC=C(C)C)O[C@H](CO)[C@@H](O)[C@@H]1O[C@H](C)C(=O)N[C@@H](C)C(=O)N[C@H](CCC(=O)N[C@@H](CCCCN)C(=O)N[C@H](C)C(=O)N[C@H](C)C(=O)O)C(=O)O. The summed E-state index contributed by atoms with van der Waals surface area (Å²) in [6, 6.07) is -8.73. The second kappa shape index (κ2) is 37.1. The lowest BCUT2D eigenvalue weighted by Gasteiger charge is -2.44. The molecule has 1 aliphatic rings. The van der Waals surface area contributed by atoms with Crippen molar-refractivity contribution in [1.29, 1.82) is 0 Å². The number of phosphoric acid groups is 2. The average molecular weight is 1200 g/mol. The molecule has 6 amide bonds. The van der Waals surface area contributed by atoms with E-state index in [1.54, 1.807) is 6.92 Å². The Hall–Kier alpha value is -5.22. The van der Waals surface area contributed by atoms with Crippen LogP contribution in [0.1, 0.15) is 140 Å². The lowest BCUT2D eigenvalue weighted by molar-refractivity contribution is -0.261. The highest BCUT2D eigenvalue weighted by Crippen LogP contribution is 2.61. The summed E-state index contributed by atoms with van der Waals surface area (Å²) < 4.78 is 51.7. The third-order valence-electron chi connectivity index (χ3n) is 12.3. The number of carbonyl (C=O) groups excluding carboxylic acids is 6. The van der Waals surface area contributed by atoms with Gasteiger partial charge in [-0.05, 0) is 133 Å². The second-order valence-corrected chi connectivity index (χ2v) is 23.0. The van der Waals surface area contributed by atoms with Gasteiger partial charge in [0, 0.05) is 13.3 Å². The fraction of sp³-hybridized carbons (Fsp3) is 0.686. The van der Waals surface area contributed by atoms with Gasteiger partial charge in [-0.25, -0.2) is 13.9 Å².